The Balaban J connectivity index is 1.68. The van der Waals surface area contributed by atoms with Gasteiger partial charge in [-0.3, -0.25) is 4.79 Å². The van der Waals surface area contributed by atoms with Gasteiger partial charge in [0.15, 0.2) is 22.9 Å². The summed E-state index contributed by atoms with van der Waals surface area (Å²) < 4.78 is 16.5. The molecule has 0 amide bonds. The number of carbonyl (C=O) groups excluding carboxylic acids is 1. The van der Waals surface area contributed by atoms with Gasteiger partial charge in [0.25, 0.3) is 5.56 Å². The summed E-state index contributed by atoms with van der Waals surface area (Å²) in [5.41, 5.74) is 0.519. The third kappa shape index (κ3) is 3.71. The number of H-pyrrole nitrogens is 1. The number of oxazole rings is 1. The minimum Gasteiger partial charge on any atom is -0.505 e. The summed E-state index contributed by atoms with van der Waals surface area (Å²) >= 11 is 0. The summed E-state index contributed by atoms with van der Waals surface area (Å²) in [4.78, 5) is 31.2. The number of aromatic nitrogens is 2. The molecule has 0 aliphatic carbocycles. The average molecular weight is 408 g/mol. The summed E-state index contributed by atoms with van der Waals surface area (Å²) in [6, 6.07) is 9.84. The monoisotopic (exact) mass is 408 g/mol. The second-order valence-corrected chi connectivity index (χ2v) is 6.84. The highest BCUT2D eigenvalue weighted by Crippen LogP contribution is 2.32. The fraction of sp³-hybridized carbons (Fsp3) is 0.227. The molecule has 30 heavy (non-hydrogen) atoms. The Labute approximate surface area is 171 Å². The van der Waals surface area contributed by atoms with Crippen molar-refractivity contribution in [3.05, 3.63) is 58.3 Å². The van der Waals surface area contributed by atoms with Gasteiger partial charge in [-0.15, -0.1) is 0 Å². The fourth-order valence-corrected chi connectivity index (χ4v) is 3.10. The number of unbranched alkanes of at least 4 members (excludes halogenated alkanes) is 1. The minimum absolute atomic E-state index is 0.190. The zero-order valence-corrected chi connectivity index (χ0v) is 16.5. The third-order valence-corrected chi connectivity index (χ3v) is 4.60. The third-order valence-electron chi connectivity index (χ3n) is 4.60. The first-order chi connectivity index (χ1) is 14.5. The van der Waals surface area contributed by atoms with Crippen molar-refractivity contribution in [2.45, 2.75) is 26.7 Å². The SMILES string of the molecule is CCCCOC(=O)c1[nH]c(=O)c2ccc(Oc3ccc4nc(C)oc4c3)cc2c1O. The summed E-state index contributed by atoms with van der Waals surface area (Å²) in [6.45, 7) is 3.93. The van der Waals surface area contributed by atoms with E-state index in [0.29, 0.717) is 34.9 Å². The van der Waals surface area contributed by atoms with Crippen LogP contribution < -0.4 is 10.3 Å². The maximum atomic E-state index is 12.4. The number of carbonyl (C=O) groups is 1. The molecular formula is C22H20N2O6. The van der Waals surface area contributed by atoms with E-state index in [1.54, 1.807) is 31.2 Å². The van der Waals surface area contributed by atoms with Crippen molar-refractivity contribution < 1.29 is 23.8 Å². The number of hydrogen-bond donors (Lipinski definition) is 2. The van der Waals surface area contributed by atoms with E-state index in [-0.39, 0.29) is 28.8 Å². The largest absolute Gasteiger partial charge is 0.505 e. The van der Waals surface area contributed by atoms with Gasteiger partial charge in [-0.25, -0.2) is 9.78 Å². The number of aromatic amines is 1. The number of nitrogens with one attached hydrogen (secondary N) is 1. The molecule has 154 valence electrons. The first-order valence-corrected chi connectivity index (χ1v) is 9.57. The lowest BCUT2D eigenvalue weighted by atomic mass is 10.1. The van der Waals surface area contributed by atoms with Crippen LogP contribution in [0, 0.1) is 6.92 Å². The van der Waals surface area contributed by atoms with Crippen LogP contribution in [0.1, 0.15) is 36.1 Å². The molecule has 4 rings (SSSR count). The van der Waals surface area contributed by atoms with Crippen LogP contribution in [0.15, 0.2) is 45.6 Å². The zero-order chi connectivity index (χ0) is 21.3. The molecule has 0 saturated heterocycles. The average Bonchev–Trinajstić information content (AvgIpc) is 3.10. The predicted molar refractivity (Wildman–Crippen MR) is 110 cm³/mol. The smallest absolute Gasteiger partial charge is 0.358 e. The number of esters is 1. The molecule has 0 bridgehead atoms. The van der Waals surface area contributed by atoms with Crippen LogP contribution in [0.4, 0.5) is 0 Å². The highest BCUT2D eigenvalue weighted by atomic mass is 16.5. The minimum atomic E-state index is -0.780. The van der Waals surface area contributed by atoms with Crippen LogP contribution in [0.25, 0.3) is 21.9 Å². The molecule has 0 aliphatic heterocycles. The molecule has 8 nitrogen and oxygen atoms in total. The van der Waals surface area contributed by atoms with Gasteiger partial charge in [0, 0.05) is 18.4 Å². The second-order valence-electron chi connectivity index (χ2n) is 6.84. The Morgan fingerprint density at radius 2 is 1.93 bits per heavy atom. The van der Waals surface area contributed by atoms with Gasteiger partial charge < -0.3 is 24.0 Å². The van der Waals surface area contributed by atoms with Crippen LogP contribution in [0.5, 0.6) is 17.2 Å². The number of nitrogens with zero attached hydrogens (tertiary/aromatic N) is 1. The maximum absolute atomic E-state index is 12.4. The molecule has 2 aromatic heterocycles. The molecule has 8 heteroatoms. The number of rotatable bonds is 6. The Morgan fingerprint density at radius 3 is 2.73 bits per heavy atom. The molecule has 4 aromatic rings. The van der Waals surface area contributed by atoms with Gasteiger partial charge >= 0.3 is 5.97 Å². The van der Waals surface area contributed by atoms with Crippen molar-refractivity contribution in [2.75, 3.05) is 6.61 Å². The molecule has 0 atom stereocenters. The summed E-state index contributed by atoms with van der Waals surface area (Å²) in [5.74, 6) is 0.288. The topological polar surface area (TPSA) is 115 Å². The summed E-state index contributed by atoms with van der Waals surface area (Å²) in [5, 5.41) is 11.0. The van der Waals surface area contributed by atoms with Crippen LogP contribution in [-0.2, 0) is 4.74 Å². The molecular weight excluding hydrogens is 388 g/mol. The molecule has 0 saturated carbocycles. The molecule has 2 aromatic carbocycles. The lowest BCUT2D eigenvalue weighted by Gasteiger charge is -2.10. The van der Waals surface area contributed by atoms with Crippen LogP contribution in [0.2, 0.25) is 0 Å². The lowest BCUT2D eigenvalue weighted by molar-refractivity contribution is 0.0489. The van der Waals surface area contributed by atoms with Crippen LogP contribution in [-0.4, -0.2) is 27.7 Å². The predicted octanol–water partition coefficient (Wildman–Crippen LogP) is 4.43. The van der Waals surface area contributed by atoms with Crippen molar-refractivity contribution in [1.29, 1.82) is 0 Å². The highest BCUT2D eigenvalue weighted by Gasteiger charge is 2.19. The molecule has 0 unspecified atom stereocenters. The molecule has 0 aliphatic rings. The number of hydrogen-bond acceptors (Lipinski definition) is 7. The van der Waals surface area contributed by atoms with E-state index in [0.717, 1.165) is 6.42 Å². The number of pyridine rings is 1. The number of ether oxygens (including phenoxy) is 2. The van der Waals surface area contributed by atoms with E-state index in [2.05, 4.69) is 9.97 Å². The summed E-state index contributed by atoms with van der Waals surface area (Å²) in [7, 11) is 0. The van der Waals surface area contributed by atoms with E-state index in [1.165, 1.54) is 12.1 Å². The van der Waals surface area contributed by atoms with Crippen molar-refractivity contribution in [3.8, 4) is 17.2 Å². The van der Waals surface area contributed by atoms with Crippen molar-refractivity contribution in [3.63, 3.8) is 0 Å². The second kappa shape index (κ2) is 7.90. The molecule has 0 spiro atoms. The van der Waals surface area contributed by atoms with Gasteiger partial charge in [-0.05, 0) is 36.8 Å². The number of aryl methyl sites for hydroxylation is 1. The number of fused-ring (bicyclic) bond motifs is 2. The van der Waals surface area contributed by atoms with Crippen molar-refractivity contribution in [1.82, 2.24) is 9.97 Å². The standard InChI is InChI=1S/C22H20N2O6/c1-3-4-9-28-22(27)19-20(25)16-10-13(5-7-15(16)21(26)24-19)30-14-6-8-17-18(11-14)29-12(2)23-17/h5-8,10-11,25H,3-4,9H2,1-2H3,(H,24,26). The first-order valence-electron chi connectivity index (χ1n) is 9.57. The van der Waals surface area contributed by atoms with E-state index < -0.39 is 11.5 Å². The molecule has 0 radical (unpaired) electrons. The Kier molecular flexibility index (Phi) is 5.14. The Bertz CT molecular complexity index is 1300. The molecule has 2 N–H and O–H groups in total. The maximum Gasteiger partial charge on any atom is 0.358 e. The summed E-state index contributed by atoms with van der Waals surface area (Å²) in [6.07, 6.45) is 1.55. The quantitative estimate of drug-likeness (QED) is 0.358. The van der Waals surface area contributed by atoms with Gasteiger partial charge in [-0.1, -0.05) is 13.3 Å². The van der Waals surface area contributed by atoms with Crippen molar-refractivity contribution in [2.24, 2.45) is 0 Å². The van der Waals surface area contributed by atoms with E-state index in [4.69, 9.17) is 13.9 Å². The number of aromatic hydroxyl groups is 1. The van der Waals surface area contributed by atoms with E-state index in [9.17, 15) is 14.7 Å². The fourth-order valence-electron chi connectivity index (χ4n) is 3.10. The number of benzene rings is 2. The molecule has 0 fully saturated rings. The first kappa shape index (κ1) is 19.5. The van der Waals surface area contributed by atoms with E-state index >= 15 is 0 Å². The van der Waals surface area contributed by atoms with Gasteiger partial charge in [0.05, 0.1) is 12.0 Å². The van der Waals surface area contributed by atoms with Gasteiger partial charge in [0.1, 0.15) is 17.0 Å². The molecule has 2 heterocycles. The van der Waals surface area contributed by atoms with Crippen molar-refractivity contribution >= 4 is 27.8 Å². The highest BCUT2D eigenvalue weighted by molar-refractivity contribution is 5.99. The Morgan fingerprint density at radius 1 is 1.17 bits per heavy atom. The van der Waals surface area contributed by atoms with Gasteiger partial charge in [-0.2, -0.15) is 0 Å². The van der Waals surface area contributed by atoms with Gasteiger partial charge in [0.2, 0.25) is 0 Å². The van der Waals surface area contributed by atoms with Crippen LogP contribution >= 0.6 is 0 Å². The lowest BCUT2D eigenvalue weighted by Crippen LogP contribution is -2.16. The Hall–Kier alpha value is -3.81. The van der Waals surface area contributed by atoms with Crippen LogP contribution in [0.3, 0.4) is 0 Å². The zero-order valence-electron chi connectivity index (χ0n) is 16.5. The van der Waals surface area contributed by atoms with E-state index in [1.807, 2.05) is 6.92 Å². The normalized spacial score (nSPS) is 11.1.